The zero-order valence-corrected chi connectivity index (χ0v) is 16.2. The molecule has 0 atom stereocenters. The highest BCUT2D eigenvalue weighted by Crippen LogP contribution is 2.50. The Hall–Kier alpha value is -1.97. The third-order valence-electron chi connectivity index (χ3n) is 4.74. The number of rotatable bonds is 2. The quantitative estimate of drug-likeness (QED) is 0.547. The standard InChI is InChI=1S/C21H20ClN2S/c1-4-24-18-12-9-14(2)20(22)21(18)25-19(24)13-16-11-10-15-7-5-6-8-17(15)23(16)3/h5-13H,4H2,1-3H3/q+1. The summed E-state index contributed by atoms with van der Waals surface area (Å²) in [5.41, 5.74) is 4.74. The number of hydrogen-bond donors (Lipinski definition) is 0. The monoisotopic (exact) mass is 367 g/mol. The number of hydrogen-bond acceptors (Lipinski definition) is 2. The summed E-state index contributed by atoms with van der Waals surface area (Å²) < 4.78 is 2.24. The van der Waals surface area contributed by atoms with Gasteiger partial charge in [0, 0.05) is 30.1 Å². The van der Waals surface area contributed by atoms with Gasteiger partial charge in [0.15, 0.2) is 0 Å². The van der Waals surface area contributed by atoms with Gasteiger partial charge in [-0.2, -0.15) is 4.57 Å². The molecule has 1 aliphatic rings. The van der Waals surface area contributed by atoms with Crippen molar-refractivity contribution in [3.05, 3.63) is 69.8 Å². The van der Waals surface area contributed by atoms with Crippen LogP contribution < -0.4 is 9.47 Å². The number of aromatic nitrogens is 1. The minimum absolute atomic E-state index is 0.868. The molecule has 0 radical (unpaired) electrons. The van der Waals surface area contributed by atoms with E-state index in [1.165, 1.54) is 32.2 Å². The number of para-hydroxylation sites is 1. The highest BCUT2D eigenvalue weighted by Gasteiger charge is 2.27. The van der Waals surface area contributed by atoms with Crippen LogP contribution >= 0.6 is 23.4 Å². The number of pyridine rings is 1. The molecular weight excluding hydrogens is 348 g/mol. The fraction of sp³-hybridized carbons (Fsp3) is 0.190. The van der Waals surface area contributed by atoms with Crippen LogP contribution in [0.4, 0.5) is 5.69 Å². The molecule has 0 N–H and O–H groups in total. The van der Waals surface area contributed by atoms with Crippen molar-refractivity contribution in [1.82, 2.24) is 0 Å². The van der Waals surface area contributed by atoms with Crippen molar-refractivity contribution in [2.75, 3.05) is 11.4 Å². The first-order chi connectivity index (χ1) is 12.1. The molecule has 0 unspecified atom stereocenters. The molecule has 0 saturated heterocycles. The molecule has 0 aliphatic carbocycles. The molecular formula is C21H20ClN2S+. The number of nitrogens with zero attached hydrogens (tertiary/aromatic N) is 2. The van der Waals surface area contributed by atoms with E-state index in [-0.39, 0.29) is 0 Å². The van der Waals surface area contributed by atoms with Crippen LogP contribution in [0.25, 0.3) is 17.0 Å². The molecule has 0 bridgehead atoms. The van der Waals surface area contributed by atoms with Crippen molar-refractivity contribution in [1.29, 1.82) is 0 Å². The maximum atomic E-state index is 6.56. The second-order valence-corrected chi connectivity index (χ2v) is 7.66. The van der Waals surface area contributed by atoms with E-state index in [2.05, 4.69) is 85.0 Å². The van der Waals surface area contributed by atoms with Gasteiger partial charge in [0.25, 0.3) is 0 Å². The van der Waals surface area contributed by atoms with Crippen molar-refractivity contribution in [3.8, 4) is 0 Å². The molecule has 0 saturated carbocycles. The van der Waals surface area contributed by atoms with Crippen molar-refractivity contribution in [2.45, 2.75) is 18.7 Å². The van der Waals surface area contributed by atoms with E-state index in [9.17, 15) is 0 Å². The fourth-order valence-electron chi connectivity index (χ4n) is 3.30. The summed E-state index contributed by atoms with van der Waals surface area (Å²) >= 11 is 8.32. The van der Waals surface area contributed by atoms with Crippen LogP contribution in [-0.4, -0.2) is 6.54 Å². The number of thioether (sulfide) groups is 1. The highest BCUT2D eigenvalue weighted by molar-refractivity contribution is 8.04. The van der Waals surface area contributed by atoms with E-state index in [1.54, 1.807) is 11.8 Å². The number of aryl methyl sites for hydroxylation is 2. The third-order valence-corrected chi connectivity index (χ3v) is 6.50. The number of anilines is 1. The van der Waals surface area contributed by atoms with Crippen LogP contribution in [0.1, 0.15) is 18.2 Å². The summed E-state index contributed by atoms with van der Waals surface area (Å²) in [4.78, 5) is 3.50. The summed E-state index contributed by atoms with van der Waals surface area (Å²) in [6.45, 7) is 5.16. The third kappa shape index (κ3) is 2.72. The molecule has 2 nitrogen and oxygen atoms in total. The molecule has 2 aromatic carbocycles. The van der Waals surface area contributed by atoms with Gasteiger partial charge in [0.2, 0.25) is 11.2 Å². The molecule has 3 aromatic rings. The van der Waals surface area contributed by atoms with Crippen LogP contribution in [0.5, 0.6) is 0 Å². The summed E-state index contributed by atoms with van der Waals surface area (Å²) in [6, 6.07) is 17.1. The minimum atomic E-state index is 0.868. The summed E-state index contributed by atoms with van der Waals surface area (Å²) in [7, 11) is 2.12. The lowest BCUT2D eigenvalue weighted by Gasteiger charge is -2.18. The van der Waals surface area contributed by atoms with Crippen LogP contribution in [0.15, 0.2) is 58.5 Å². The SMILES string of the molecule is CCN1/C(=C/c2ccc3ccccc3[n+]2C)Sc2c1ccc(C)c2Cl. The van der Waals surface area contributed by atoms with Crippen molar-refractivity contribution >= 4 is 46.0 Å². The molecule has 0 fully saturated rings. The molecule has 4 heteroatoms. The molecule has 25 heavy (non-hydrogen) atoms. The Morgan fingerprint density at radius 2 is 1.92 bits per heavy atom. The molecule has 0 amide bonds. The van der Waals surface area contributed by atoms with E-state index in [0.29, 0.717) is 0 Å². The highest BCUT2D eigenvalue weighted by atomic mass is 35.5. The van der Waals surface area contributed by atoms with Gasteiger partial charge < -0.3 is 4.90 Å². The molecule has 0 spiro atoms. The van der Waals surface area contributed by atoms with Gasteiger partial charge in [0.1, 0.15) is 7.05 Å². The topological polar surface area (TPSA) is 7.12 Å². The van der Waals surface area contributed by atoms with Crippen LogP contribution in [0.3, 0.4) is 0 Å². The smallest absolute Gasteiger partial charge is 0.212 e. The van der Waals surface area contributed by atoms with Crippen LogP contribution in [0, 0.1) is 6.92 Å². The molecule has 126 valence electrons. The minimum Gasteiger partial charge on any atom is -0.335 e. The normalized spacial score (nSPS) is 15.2. The van der Waals surface area contributed by atoms with E-state index in [4.69, 9.17) is 11.6 Å². The first kappa shape index (κ1) is 16.5. The van der Waals surface area contributed by atoms with Gasteiger partial charge in [-0.15, -0.1) is 0 Å². The second-order valence-electron chi connectivity index (χ2n) is 6.25. The summed E-state index contributed by atoms with van der Waals surface area (Å²) in [6.07, 6.45) is 2.26. The lowest BCUT2D eigenvalue weighted by Crippen LogP contribution is -2.33. The number of halogens is 1. The summed E-state index contributed by atoms with van der Waals surface area (Å²) in [5, 5.41) is 3.34. The summed E-state index contributed by atoms with van der Waals surface area (Å²) in [5.74, 6) is 0. The Balaban J connectivity index is 1.82. The maximum Gasteiger partial charge on any atom is 0.212 e. The predicted octanol–water partition coefficient (Wildman–Crippen LogP) is 5.56. The average Bonchev–Trinajstić information content (AvgIpc) is 2.99. The molecule has 2 heterocycles. The van der Waals surface area contributed by atoms with Gasteiger partial charge in [-0.25, -0.2) is 0 Å². The first-order valence-corrected chi connectivity index (χ1v) is 9.63. The number of benzene rings is 2. The van der Waals surface area contributed by atoms with Gasteiger partial charge in [-0.3, -0.25) is 0 Å². The van der Waals surface area contributed by atoms with Crippen LogP contribution in [0.2, 0.25) is 5.02 Å². The van der Waals surface area contributed by atoms with Crippen molar-refractivity contribution in [2.24, 2.45) is 7.05 Å². The zero-order chi connectivity index (χ0) is 17.6. The van der Waals surface area contributed by atoms with Crippen molar-refractivity contribution in [3.63, 3.8) is 0 Å². The van der Waals surface area contributed by atoms with E-state index >= 15 is 0 Å². The average molecular weight is 368 g/mol. The van der Waals surface area contributed by atoms with E-state index < -0.39 is 0 Å². The second kappa shape index (κ2) is 6.40. The molecule has 4 rings (SSSR count). The Morgan fingerprint density at radius 1 is 1.12 bits per heavy atom. The Bertz CT molecular complexity index is 1010. The number of fused-ring (bicyclic) bond motifs is 2. The van der Waals surface area contributed by atoms with Crippen LogP contribution in [-0.2, 0) is 7.05 Å². The van der Waals surface area contributed by atoms with Gasteiger partial charge in [-0.05, 0) is 37.6 Å². The molecule has 1 aromatic heterocycles. The molecule has 1 aliphatic heterocycles. The van der Waals surface area contributed by atoms with E-state index in [0.717, 1.165) is 17.1 Å². The Morgan fingerprint density at radius 3 is 2.72 bits per heavy atom. The lowest BCUT2D eigenvalue weighted by atomic mass is 10.2. The largest absolute Gasteiger partial charge is 0.335 e. The van der Waals surface area contributed by atoms with E-state index in [1.807, 2.05) is 0 Å². The van der Waals surface area contributed by atoms with Crippen molar-refractivity contribution < 1.29 is 4.57 Å². The maximum absolute atomic E-state index is 6.56. The Kier molecular flexibility index (Phi) is 4.22. The lowest BCUT2D eigenvalue weighted by molar-refractivity contribution is -0.646. The van der Waals surface area contributed by atoms with Gasteiger partial charge >= 0.3 is 0 Å². The zero-order valence-electron chi connectivity index (χ0n) is 14.6. The first-order valence-electron chi connectivity index (χ1n) is 8.44. The fourth-order valence-corrected chi connectivity index (χ4v) is 4.83. The van der Waals surface area contributed by atoms with Gasteiger partial charge in [-0.1, -0.05) is 41.6 Å². The Labute approximate surface area is 157 Å². The van der Waals surface area contributed by atoms with Gasteiger partial charge in [0.05, 0.1) is 20.6 Å². The predicted molar refractivity (Wildman–Crippen MR) is 108 cm³/mol.